The highest BCUT2D eigenvalue weighted by Gasteiger charge is 2.17. The lowest BCUT2D eigenvalue weighted by Gasteiger charge is -2.11. The Balaban J connectivity index is 1.18. The van der Waals surface area contributed by atoms with Gasteiger partial charge in [-0.05, 0) is 62.3 Å². The molecule has 0 atom stereocenters. The summed E-state index contributed by atoms with van der Waals surface area (Å²) in [4.78, 5) is 14.6. The molecule has 0 spiro atoms. The first-order valence-corrected chi connectivity index (χ1v) is 17.3. The van der Waals surface area contributed by atoms with Gasteiger partial charge in [0.1, 0.15) is 11.2 Å². The number of fused-ring (bicyclic) bond motifs is 4. The predicted octanol–water partition coefficient (Wildman–Crippen LogP) is 12.9. The fourth-order valence-electron chi connectivity index (χ4n) is 6.85. The zero-order chi connectivity index (χ0) is 40.4. The topological polar surface area (TPSA) is 51.8 Å². The summed E-state index contributed by atoms with van der Waals surface area (Å²) in [7, 11) is 0. The lowest BCUT2D eigenvalue weighted by atomic mass is 9.97. The molecule has 0 saturated carbocycles. The smallest absolute Gasteiger partial charge is 0.164 e. The van der Waals surface area contributed by atoms with Gasteiger partial charge in [-0.3, -0.25) is 0 Å². The van der Waals surface area contributed by atoms with Gasteiger partial charge >= 0.3 is 0 Å². The van der Waals surface area contributed by atoms with E-state index in [1.54, 1.807) is 24.3 Å². The molecule has 10 aromatic rings. The second kappa shape index (κ2) is 12.9. The average Bonchev–Trinajstić information content (AvgIpc) is 3.69. The molecule has 8 aromatic carbocycles. The maximum atomic E-state index is 9.51. The highest BCUT2D eigenvalue weighted by atomic mass is 16.3. The largest absolute Gasteiger partial charge is 0.456 e. The molecule has 2 heterocycles. The minimum absolute atomic E-state index is 0.0119. The lowest BCUT2D eigenvalue weighted by Crippen LogP contribution is -2.00. The summed E-state index contributed by atoms with van der Waals surface area (Å²) in [6.45, 7) is 0. The highest BCUT2D eigenvalue weighted by Crippen LogP contribution is 2.38. The van der Waals surface area contributed by atoms with E-state index in [9.17, 15) is 4.11 Å². The minimum atomic E-state index is -0.337. The highest BCUT2D eigenvalue weighted by molar-refractivity contribution is 6.13. The lowest BCUT2D eigenvalue weighted by molar-refractivity contribution is 0.669. The molecular weight excluding hydrogens is 647 g/mol. The van der Waals surface area contributed by atoms with Crippen molar-refractivity contribution in [1.82, 2.24) is 15.0 Å². The van der Waals surface area contributed by atoms with E-state index in [4.69, 9.17) is 23.5 Å². The van der Waals surface area contributed by atoms with Crippen molar-refractivity contribution >= 4 is 32.7 Å². The molecule has 0 bridgehead atoms. The first-order chi connectivity index (χ1) is 28.8. The van der Waals surface area contributed by atoms with Crippen LogP contribution in [-0.4, -0.2) is 15.0 Å². The van der Waals surface area contributed by atoms with Crippen LogP contribution in [0.4, 0.5) is 0 Å². The van der Waals surface area contributed by atoms with E-state index in [1.807, 2.05) is 103 Å². The van der Waals surface area contributed by atoms with Crippen molar-refractivity contribution < 1.29 is 12.6 Å². The molecule has 0 amide bonds. The van der Waals surface area contributed by atoms with Gasteiger partial charge in [0, 0.05) is 27.5 Å². The summed E-state index contributed by atoms with van der Waals surface area (Å²) < 4.78 is 60.7. The number of hydrogen-bond donors (Lipinski definition) is 0. The van der Waals surface area contributed by atoms with E-state index < -0.39 is 0 Å². The summed E-state index contributed by atoms with van der Waals surface area (Å²) in [5.41, 5.74) is 6.33. The molecule has 248 valence electrons. The van der Waals surface area contributed by atoms with Crippen LogP contribution < -0.4 is 0 Å². The molecule has 4 heteroatoms. The van der Waals surface area contributed by atoms with Crippen molar-refractivity contribution in [1.29, 1.82) is 0 Å². The molecule has 0 radical (unpaired) electrons. The van der Waals surface area contributed by atoms with Crippen molar-refractivity contribution in [3.05, 3.63) is 188 Å². The predicted molar refractivity (Wildman–Crippen MR) is 217 cm³/mol. The van der Waals surface area contributed by atoms with Crippen LogP contribution in [0, 0.1) is 0 Å². The Kier molecular flexibility index (Phi) is 6.04. The Morgan fingerprint density at radius 1 is 0.377 bits per heavy atom. The molecule has 0 aliphatic carbocycles. The van der Waals surface area contributed by atoms with Gasteiger partial charge in [-0.1, -0.05) is 170 Å². The zero-order valence-corrected chi connectivity index (χ0v) is 28.2. The number of hydrogen-bond acceptors (Lipinski definition) is 4. The van der Waals surface area contributed by atoms with Crippen molar-refractivity contribution in [3.63, 3.8) is 0 Å². The Morgan fingerprint density at radius 2 is 0.925 bits per heavy atom. The van der Waals surface area contributed by atoms with Gasteiger partial charge in [0.05, 0.1) is 8.22 Å². The van der Waals surface area contributed by atoms with E-state index in [2.05, 4.69) is 24.3 Å². The van der Waals surface area contributed by atoms with Crippen molar-refractivity contribution in [2.24, 2.45) is 0 Å². The molecule has 0 aliphatic rings. The van der Waals surface area contributed by atoms with E-state index in [0.29, 0.717) is 33.9 Å². The molecule has 0 aliphatic heterocycles. The Hall–Kier alpha value is -7.17. The molecule has 0 N–H and O–H groups in total. The van der Waals surface area contributed by atoms with Crippen molar-refractivity contribution in [2.75, 3.05) is 0 Å². The van der Waals surface area contributed by atoms with Gasteiger partial charge in [-0.25, -0.2) is 15.0 Å². The van der Waals surface area contributed by atoms with Gasteiger partial charge in [-0.15, -0.1) is 0 Å². The van der Waals surface area contributed by atoms with Gasteiger partial charge in [0.25, 0.3) is 0 Å². The summed E-state index contributed by atoms with van der Waals surface area (Å²) in [5.74, 6) is 0.641. The van der Waals surface area contributed by atoms with Crippen molar-refractivity contribution in [3.8, 4) is 67.5 Å². The normalized spacial score (nSPS) is 13.0. The minimum Gasteiger partial charge on any atom is -0.456 e. The van der Waals surface area contributed by atoms with Crippen LogP contribution in [-0.2, 0) is 0 Å². The van der Waals surface area contributed by atoms with Crippen LogP contribution in [0.5, 0.6) is 0 Å². The van der Waals surface area contributed by atoms with Crippen LogP contribution >= 0.6 is 0 Å². The molecule has 2 aromatic heterocycles. The Morgan fingerprint density at radius 3 is 1.64 bits per heavy atom. The number of nitrogens with zero attached hydrogens (tertiary/aromatic N) is 3. The summed E-state index contributed by atoms with van der Waals surface area (Å²) in [6.07, 6.45) is 0. The summed E-state index contributed by atoms with van der Waals surface area (Å²) in [6, 6.07) is 47.6. The summed E-state index contributed by atoms with van der Waals surface area (Å²) in [5, 5.41) is 2.64. The molecule has 0 unspecified atom stereocenters. The molecular formula is C49H31N3O. The Labute approximate surface area is 315 Å². The SMILES string of the molecule is [2H]c1c([2H])c(-c2ccccc2)c2c(oc3c([2H])c(-c4nc(-c5ccc(-c6ccccc6)cc5)nc(-c5ccc(-c6cccc7ccccc67)cc5)n4)c([2H])c([2H])c32)c1[2H]. The first kappa shape index (κ1) is 24.9. The van der Waals surface area contributed by atoms with Crippen LogP contribution in [0.15, 0.2) is 192 Å². The third kappa shape index (κ3) is 5.63. The molecule has 53 heavy (non-hydrogen) atoms. The van der Waals surface area contributed by atoms with E-state index >= 15 is 0 Å². The van der Waals surface area contributed by atoms with Crippen LogP contribution in [0.3, 0.4) is 0 Å². The van der Waals surface area contributed by atoms with Gasteiger partial charge < -0.3 is 4.42 Å². The fourth-order valence-corrected chi connectivity index (χ4v) is 6.85. The van der Waals surface area contributed by atoms with Crippen molar-refractivity contribution in [2.45, 2.75) is 0 Å². The van der Waals surface area contributed by atoms with Gasteiger partial charge in [0.15, 0.2) is 17.5 Å². The van der Waals surface area contributed by atoms with Crippen LogP contribution in [0.25, 0.3) is 100 Å². The van der Waals surface area contributed by atoms with Crippen LogP contribution in [0.1, 0.15) is 8.22 Å². The molecule has 10 rings (SSSR count). The maximum Gasteiger partial charge on any atom is 0.164 e. The zero-order valence-electron chi connectivity index (χ0n) is 34.2. The Bertz CT molecular complexity index is 3260. The summed E-state index contributed by atoms with van der Waals surface area (Å²) >= 11 is 0. The number of aromatic nitrogens is 3. The average molecular weight is 684 g/mol. The first-order valence-electron chi connectivity index (χ1n) is 20.3. The quantitative estimate of drug-likeness (QED) is 0.175. The second-order valence-electron chi connectivity index (χ2n) is 12.7. The van der Waals surface area contributed by atoms with Gasteiger partial charge in [0.2, 0.25) is 0 Å². The maximum absolute atomic E-state index is 9.51. The molecule has 4 nitrogen and oxygen atoms in total. The van der Waals surface area contributed by atoms with E-state index in [1.165, 1.54) is 0 Å². The second-order valence-corrected chi connectivity index (χ2v) is 12.7. The monoisotopic (exact) mass is 683 g/mol. The number of rotatable bonds is 6. The van der Waals surface area contributed by atoms with E-state index in [0.717, 1.165) is 33.0 Å². The van der Waals surface area contributed by atoms with Crippen LogP contribution in [0.2, 0.25) is 0 Å². The standard InChI is InChI=1S/C49H31N3O/c1-3-11-32(12-4-1)33-21-25-37(26-22-33)47-50-48(38-27-23-36(24-28-38)41-18-9-16-34-15-7-8-17-40(34)41)52-49(51-47)39-29-30-43-45(31-39)53-44-20-10-19-42(46(43)44)35-13-5-2-6-14-35/h1-31H/i10D,19D,20D,29D,30D,31D. The van der Waals surface area contributed by atoms with E-state index in [-0.39, 0.29) is 69.6 Å². The molecule has 0 saturated heterocycles. The van der Waals surface area contributed by atoms with Gasteiger partial charge in [-0.2, -0.15) is 0 Å². The fraction of sp³-hybridized carbons (Fsp3) is 0. The number of furan rings is 1. The molecule has 0 fully saturated rings. The number of benzene rings is 8. The third-order valence-electron chi connectivity index (χ3n) is 9.49. The third-order valence-corrected chi connectivity index (χ3v) is 9.49.